The summed E-state index contributed by atoms with van der Waals surface area (Å²) >= 11 is 1.62. The van der Waals surface area contributed by atoms with Crippen molar-refractivity contribution >= 4 is 44.5 Å². The van der Waals surface area contributed by atoms with Gasteiger partial charge in [-0.1, -0.05) is 18.9 Å². The molecule has 34 heavy (non-hydrogen) atoms. The molecule has 180 valence electrons. The van der Waals surface area contributed by atoms with E-state index in [1.54, 1.807) is 11.3 Å². The van der Waals surface area contributed by atoms with Crippen molar-refractivity contribution in [2.45, 2.75) is 45.4 Å². The number of benzene rings is 1. The van der Waals surface area contributed by atoms with Gasteiger partial charge in [0.15, 0.2) is 0 Å². The molecule has 3 heterocycles. The number of nitrogens with one attached hydrogen (secondary N) is 2. The lowest BCUT2D eigenvalue weighted by molar-refractivity contribution is 0.0776. The summed E-state index contributed by atoms with van der Waals surface area (Å²) in [7, 11) is 0. The molecule has 1 aliphatic carbocycles. The van der Waals surface area contributed by atoms with E-state index in [0.29, 0.717) is 5.92 Å². The van der Waals surface area contributed by atoms with Crippen molar-refractivity contribution in [1.82, 2.24) is 15.2 Å². The van der Waals surface area contributed by atoms with E-state index in [0.717, 1.165) is 60.4 Å². The molecule has 0 radical (unpaired) electrons. The Morgan fingerprint density at radius 3 is 2.68 bits per heavy atom. The Morgan fingerprint density at radius 1 is 1.18 bits per heavy atom. The summed E-state index contributed by atoms with van der Waals surface area (Å²) in [6, 6.07) is 10.7. The first-order chi connectivity index (χ1) is 16.7. The van der Waals surface area contributed by atoms with Gasteiger partial charge in [0.1, 0.15) is 5.82 Å². The third-order valence-corrected chi connectivity index (χ3v) is 8.37. The predicted octanol–water partition coefficient (Wildman–Crippen LogP) is 5.59. The average Bonchev–Trinajstić information content (AvgIpc) is 3.53. The minimum atomic E-state index is 0.173. The van der Waals surface area contributed by atoms with E-state index in [-0.39, 0.29) is 5.91 Å². The van der Waals surface area contributed by atoms with E-state index >= 15 is 0 Å². The first kappa shape index (κ1) is 23.1. The second-order valence-corrected chi connectivity index (χ2v) is 10.3. The maximum atomic E-state index is 13.4. The topological polar surface area (TPSA) is 60.5 Å². The summed E-state index contributed by atoms with van der Waals surface area (Å²) < 4.78 is 1.11. The molecule has 0 spiro atoms. The van der Waals surface area contributed by atoms with Crippen molar-refractivity contribution in [3.05, 3.63) is 47.0 Å². The summed E-state index contributed by atoms with van der Waals surface area (Å²) in [6.45, 7) is 9.68. The van der Waals surface area contributed by atoms with E-state index in [1.807, 2.05) is 11.1 Å². The predicted molar refractivity (Wildman–Crippen MR) is 143 cm³/mol. The van der Waals surface area contributed by atoms with Crippen LogP contribution in [0.25, 0.3) is 10.1 Å². The summed E-state index contributed by atoms with van der Waals surface area (Å²) in [5.74, 6) is 1.48. The normalized spacial score (nSPS) is 16.8. The summed E-state index contributed by atoms with van der Waals surface area (Å²) in [4.78, 5) is 23.4. The van der Waals surface area contributed by atoms with Crippen LogP contribution in [-0.4, -0.2) is 55.1 Å². The Balaban J connectivity index is 1.48. The molecule has 1 aromatic carbocycles. The third kappa shape index (κ3) is 4.64. The van der Waals surface area contributed by atoms with Crippen LogP contribution in [0.2, 0.25) is 0 Å². The molecule has 0 atom stereocenters. The van der Waals surface area contributed by atoms with Gasteiger partial charge in [0.2, 0.25) is 0 Å². The standard InChI is InChI=1S/C27H35N5OS/c1-3-31(4-2)27(33)26-25(19-8-5-6-9-19)22-17-24(29-18-23(22)34-26)30-20-10-7-11-21(16-20)32-14-12-28-13-15-32/h7,10-11,16-19,28H,3-6,8-9,12-15H2,1-2H3,(H,29,30). The zero-order valence-corrected chi connectivity index (χ0v) is 21.1. The monoisotopic (exact) mass is 477 g/mol. The first-order valence-corrected chi connectivity index (χ1v) is 13.5. The Kier molecular flexibility index (Phi) is 7.02. The largest absolute Gasteiger partial charge is 0.369 e. The number of carbonyl (C=O) groups excluding carboxylic acids is 1. The van der Waals surface area contributed by atoms with Crippen molar-refractivity contribution in [2.75, 3.05) is 49.5 Å². The lowest BCUT2D eigenvalue weighted by atomic mass is 9.94. The number of rotatable bonds is 7. The molecule has 3 aromatic rings. The summed E-state index contributed by atoms with van der Waals surface area (Å²) in [5, 5.41) is 8.15. The van der Waals surface area contributed by atoms with Crippen LogP contribution in [0.5, 0.6) is 0 Å². The van der Waals surface area contributed by atoms with E-state index < -0.39 is 0 Å². The molecule has 2 aliphatic rings. The fourth-order valence-corrected chi connectivity index (χ4v) is 6.58. The minimum absolute atomic E-state index is 0.173. The number of hydrogen-bond acceptors (Lipinski definition) is 6. The molecule has 2 fully saturated rings. The molecular formula is C27H35N5OS. The number of nitrogens with zero attached hydrogens (tertiary/aromatic N) is 3. The molecule has 2 aromatic heterocycles. The minimum Gasteiger partial charge on any atom is -0.369 e. The van der Waals surface area contributed by atoms with E-state index in [2.05, 4.69) is 59.7 Å². The van der Waals surface area contributed by atoms with Gasteiger partial charge >= 0.3 is 0 Å². The number of amides is 1. The lowest BCUT2D eigenvalue weighted by Crippen LogP contribution is -2.43. The van der Waals surface area contributed by atoms with Gasteiger partial charge in [-0.15, -0.1) is 11.3 Å². The van der Waals surface area contributed by atoms with E-state index in [1.165, 1.54) is 42.3 Å². The highest BCUT2D eigenvalue weighted by Crippen LogP contribution is 2.44. The van der Waals surface area contributed by atoms with Gasteiger partial charge in [0.05, 0.1) is 9.58 Å². The SMILES string of the molecule is CCN(CC)C(=O)c1sc2cnc(Nc3cccc(N4CCNCC4)c3)cc2c1C1CCCC1. The molecule has 1 saturated carbocycles. The van der Waals surface area contributed by atoms with Crippen LogP contribution in [0.3, 0.4) is 0 Å². The van der Waals surface area contributed by atoms with Crippen LogP contribution in [0.4, 0.5) is 17.2 Å². The van der Waals surface area contributed by atoms with Crippen LogP contribution in [0, 0.1) is 0 Å². The van der Waals surface area contributed by atoms with Crippen molar-refractivity contribution in [1.29, 1.82) is 0 Å². The van der Waals surface area contributed by atoms with E-state index in [4.69, 9.17) is 4.98 Å². The van der Waals surface area contributed by atoms with Crippen LogP contribution >= 0.6 is 11.3 Å². The number of hydrogen-bond donors (Lipinski definition) is 2. The molecule has 0 bridgehead atoms. The van der Waals surface area contributed by atoms with Gasteiger partial charge < -0.3 is 20.4 Å². The summed E-state index contributed by atoms with van der Waals surface area (Å²) in [5.41, 5.74) is 3.54. The van der Waals surface area contributed by atoms with E-state index in [9.17, 15) is 4.79 Å². The highest BCUT2D eigenvalue weighted by Gasteiger charge is 2.29. The second kappa shape index (κ2) is 10.3. The highest BCUT2D eigenvalue weighted by atomic mass is 32.1. The van der Waals surface area contributed by atoms with Crippen LogP contribution < -0.4 is 15.5 Å². The van der Waals surface area contributed by atoms with Gasteiger partial charge in [0, 0.05) is 62.2 Å². The number of aromatic nitrogens is 1. The van der Waals surface area contributed by atoms with Crippen LogP contribution in [0.1, 0.15) is 60.7 Å². The summed E-state index contributed by atoms with van der Waals surface area (Å²) in [6.07, 6.45) is 6.77. The van der Waals surface area contributed by atoms with Gasteiger partial charge in [-0.3, -0.25) is 4.79 Å². The lowest BCUT2D eigenvalue weighted by Gasteiger charge is -2.29. The fourth-order valence-electron chi connectivity index (χ4n) is 5.37. The first-order valence-electron chi connectivity index (χ1n) is 12.7. The van der Waals surface area contributed by atoms with Gasteiger partial charge in [0.25, 0.3) is 5.91 Å². The molecule has 1 aliphatic heterocycles. The highest BCUT2D eigenvalue weighted by molar-refractivity contribution is 7.21. The number of piperazine rings is 1. The smallest absolute Gasteiger partial charge is 0.264 e. The van der Waals surface area contributed by atoms with Crippen molar-refractivity contribution in [3.63, 3.8) is 0 Å². The number of anilines is 3. The van der Waals surface area contributed by atoms with Crippen LogP contribution in [-0.2, 0) is 0 Å². The Labute approximate surface area is 206 Å². The molecule has 0 unspecified atom stereocenters. The molecule has 1 amide bonds. The maximum Gasteiger partial charge on any atom is 0.264 e. The van der Waals surface area contributed by atoms with Gasteiger partial charge in [-0.05, 0) is 62.4 Å². The third-order valence-electron chi connectivity index (χ3n) is 7.22. The zero-order valence-electron chi connectivity index (χ0n) is 20.3. The molecule has 7 heteroatoms. The average molecular weight is 478 g/mol. The Bertz CT molecular complexity index is 1140. The Morgan fingerprint density at radius 2 is 1.94 bits per heavy atom. The van der Waals surface area contributed by atoms with Gasteiger partial charge in [-0.2, -0.15) is 0 Å². The van der Waals surface area contributed by atoms with Crippen molar-refractivity contribution in [2.24, 2.45) is 0 Å². The molecule has 1 saturated heterocycles. The number of fused-ring (bicyclic) bond motifs is 1. The fraction of sp³-hybridized carbons (Fsp3) is 0.481. The molecule has 2 N–H and O–H groups in total. The maximum absolute atomic E-state index is 13.4. The van der Waals surface area contributed by atoms with Crippen molar-refractivity contribution in [3.8, 4) is 0 Å². The molecule has 5 rings (SSSR count). The second-order valence-electron chi connectivity index (χ2n) is 9.28. The number of pyridine rings is 1. The Hall–Kier alpha value is -2.64. The van der Waals surface area contributed by atoms with Crippen LogP contribution in [0.15, 0.2) is 36.5 Å². The molecule has 6 nitrogen and oxygen atoms in total. The zero-order chi connectivity index (χ0) is 23.5. The van der Waals surface area contributed by atoms with Crippen molar-refractivity contribution < 1.29 is 4.79 Å². The quantitative estimate of drug-likeness (QED) is 0.465. The van der Waals surface area contributed by atoms with Gasteiger partial charge in [-0.25, -0.2) is 4.98 Å². The molecular weight excluding hydrogens is 442 g/mol. The number of carbonyl (C=O) groups is 1. The number of thiophene rings is 1.